The van der Waals surface area contributed by atoms with Crippen LogP contribution >= 0.6 is 0 Å². The minimum atomic E-state index is 0.823. The van der Waals surface area contributed by atoms with Gasteiger partial charge in [0.25, 0.3) is 0 Å². The molecule has 2 nitrogen and oxygen atoms in total. The number of rotatable bonds is 4. The summed E-state index contributed by atoms with van der Waals surface area (Å²) in [6, 6.07) is 0. The van der Waals surface area contributed by atoms with Gasteiger partial charge < -0.3 is 10.2 Å². The summed E-state index contributed by atoms with van der Waals surface area (Å²) in [4.78, 5) is 2.61. The van der Waals surface area contributed by atoms with Gasteiger partial charge in [0.2, 0.25) is 0 Å². The smallest absolute Gasteiger partial charge is 0.0107 e. The summed E-state index contributed by atoms with van der Waals surface area (Å²) < 4.78 is 0. The van der Waals surface area contributed by atoms with Crippen molar-refractivity contribution in [2.24, 2.45) is 5.92 Å². The van der Waals surface area contributed by atoms with Gasteiger partial charge in [0.05, 0.1) is 0 Å². The molecule has 0 saturated carbocycles. The molecule has 0 radical (unpaired) electrons. The van der Waals surface area contributed by atoms with Gasteiger partial charge in [0.1, 0.15) is 0 Å². The molecule has 78 valence electrons. The van der Waals surface area contributed by atoms with Gasteiger partial charge in [-0.1, -0.05) is 26.7 Å². The normalized spacial score (nSPS) is 25.8. The third-order valence-corrected chi connectivity index (χ3v) is 2.75. The predicted molar refractivity (Wildman–Crippen MR) is 58.0 cm³/mol. The number of nitrogens with one attached hydrogen (secondary N) is 1. The van der Waals surface area contributed by atoms with E-state index in [1.54, 1.807) is 0 Å². The van der Waals surface area contributed by atoms with Gasteiger partial charge >= 0.3 is 0 Å². The number of hydrogen-bond acceptors (Lipinski definition) is 2. The molecule has 1 fully saturated rings. The van der Waals surface area contributed by atoms with E-state index in [0.29, 0.717) is 0 Å². The second-order valence-corrected chi connectivity index (χ2v) is 4.32. The van der Waals surface area contributed by atoms with Crippen molar-refractivity contribution in [2.75, 3.05) is 32.7 Å². The van der Waals surface area contributed by atoms with Crippen LogP contribution < -0.4 is 5.32 Å². The molecule has 0 aromatic rings. The maximum atomic E-state index is 3.48. The Bertz CT molecular complexity index is 125. The van der Waals surface area contributed by atoms with Crippen molar-refractivity contribution in [3.8, 4) is 0 Å². The van der Waals surface area contributed by atoms with E-state index in [9.17, 15) is 0 Å². The molecule has 0 bridgehead atoms. The third kappa shape index (κ3) is 4.63. The van der Waals surface area contributed by atoms with Gasteiger partial charge in [0, 0.05) is 19.6 Å². The summed E-state index contributed by atoms with van der Waals surface area (Å²) in [6.45, 7) is 10.8. The van der Waals surface area contributed by atoms with Crippen LogP contribution in [0.1, 0.15) is 33.1 Å². The molecule has 0 aromatic carbocycles. The first-order chi connectivity index (χ1) is 6.33. The molecule has 1 N–H and O–H groups in total. The molecule has 1 aliphatic heterocycles. The van der Waals surface area contributed by atoms with Crippen LogP contribution in [0.2, 0.25) is 0 Å². The Balaban J connectivity index is 2.15. The monoisotopic (exact) mass is 184 g/mol. The molecule has 1 rings (SSSR count). The Morgan fingerprint density at radius 3 is 3.00 bits per heavy atom. The van der Waals surface area contributed by atoms with Crippen LogP contribution in [-0.2, 0) is 0 Å². The molecule has 13 heavy (non-hydrogen) atoms. The van der Waals surface area contributed by atoms with Crippen LogP contribution in [0.5, 0.6) is 0 Å². The molecule has 0 amide bonds. The van der Waals surface area contributed by atoms with E-state index in [1.165, 1.54) is 52.0 Å². The maximum Gasteiger partial charge on any atom is 0.0107 e. The summed E-state index contributed by atoms with van der Waals surface area (Å²) >= 11 is 0. The van der Waals surface area contributed by atoms with Crippen molar-refractivity contribution in [1.82, 2.24) is 10.2 Å². The van der Waals surface area contributed by atoms with E-state index in [0.717, 1.165) is 5.92 Å². The zero-order valence-electron chi connectivity index (χ0n) is 9.18. The largest absolute Gasteiger partial charge is 0.315 e. The number of unbranched alkanes of at least 4 members (excludes halogenated alkanes) is 2. The second kappa shape index (κ2) is 6.39. The van der Waals surface area contributed by atoms with Gasteiger partial charge in [-0.3, -0.25) is 0 Å². The average molecular weight is 184 g/mol. The SMILES string of the molecule is CCCCCN1CCNCC(C)C1. The zero-order valence-corrected chi connectivity index (χ0v) is 9.18. The van der Waals surface area contributed by atoms with Gasteiger partial charge in [-0.2, -0.15) is 0 Å². The zero-order chi connectivity index (χ0) is 9.52. The lowest BCUT2D eigenvalue weighted by molar-refractivity contribution is 0.259. The standard InChI is InChI=1S/C11H24N2/c1-3-4-5-7-13-8-6-12-9-11(2)10-13/h11-12H,3-10H2,1-2H3. The summed E-state index contributed by atoms with van der Waals surface area (Å²) in [5, 5.41) is 3.48. The summed E-state index contributed by atoms with van der Waals surface area (Å²) in [6.07, 6.45) is 4.10. The minimum Gasteiger partial charge on any atom is -0.315 e. The summed E-state index contributed by atoms with van der Waals surface area (Å²) in [5.41, 5.74) is 0. The van der Waals surface area contributed by atoms with Gasteiger partial charge in [-0.15, -0.1) is 0 Å². The Morgan fingerprint density at radius 2 is 2.23 bits per heavy atom. The Hall–Kier alpha value is -0.0800. The first-order valence-corrected chi connectivity index (χ1v) is 5.76. The van der Waals surface area contributed by atoms with Crippen LogP contribution in [0.4, 0.5) is 0 Å². The third-order valence-electron chi connectivity index (χ3n) is 2.75. The molecule has 2 heteroatoms. The molecule has 0 aliphatic carbocycles. The van der Waals surface area contributed by atoms with Crippen LogP contribution in [-0.4, -0.2) is 37.6 Å². The molecule has 1 aliphatic rings. The van der Waals surface area contributed by atoms with E-state index in [2.05, 4.69) is 24.1 Å². The molecule has 1 saturated heterocycles. The highest BCUT2D eigenvalue weighted by Gasteiger charge is 2.12. The summed E-state index contributed by atoms with van der Waals surface area (Å²) in [7, 11) is 0. The fraction of sp³-hybridized carbons (Fsp3) is 1.00. The van der Waals surface area contributed by atoms with E-state index >= 15 is 0 Å². The molecule has 0 aromatic heterocycles. The molecule has 1 unspecified atom stereocenters. The van der Waals surface area contributed by atoms with E-state index in [1.807, 2.05) is 0 Å². The molecular weight excluding hydrogens is 160 g/mol. The maximum absolute atomic E-state index is 3.48. The topological polar surface area (TPSA) is 15.3 Å². The fourth-order valence-corrected chi connectivity index (χ4v) is 1.97. The van der Waals surface area contributed by atoms with E-state index in [-0.39, 0.29) is 0 Å². The Labute approximate surface area is 82.7 Å². The van der Waals surface area contributed by atoms with Crippen molar-refractivity contribution >= 4 is 0 Å². The highest BCUT2D eigenvalue weighted by molar-refractivity contribution is 4.70. The van der Waals surface area contributed by atoms with Crippen molar-refractivity contribution in [1.29, 1.82) is 0 Å². The lowest BCUT2D eigenvalue weighted by atomic mass is 10.1. The molecule has 1 heterocycles. The average Bonchev–Trinajstić information content (AvgIpc) is 2.31. The van der Waals surface area contributed by atoms with Gasteiger partial charge in [-0.05, 0) is 25.4 Å². The lowest BCUT2D eigenvalue weighted by Gasteiger charge is -2.21. The molecule has 0 spiro atoms. The molecular formula is C11H24N2. The van der Waals surface area contributed by atoms with Crippen molar-refractivity contribution in [3.63, 3.8) is 0 Å². The first-order valence-electron chi connectivity index (χ1n) is 5.76. The lowest BCUT2D eigenvalue weighted by Crippen LogP contribution is -2.30. The van der Waals surface area contributed by atoms with E-state index < -0.39 is 0 Å². The summed E-state index contributed by atoms with van der Waals surface area (Å²) in [5.74, 6) is 0.823. The van der Waals surface area contributed by atoms with Crippen LogP contribution in [0.25, 0.3) is 0 Å². The first kappa shape index (κ1) is 11.0. The van der Waals surface area contributed by atoms with Crippen molar-refractivity contribution < 1.29 is 0 Å². The second-order valence-electron chi connectivity index (χ2n) is 4.32. The van der Waals surface area contributed by atoms with Gasteiger partial charge in [-0.25, -0.2) is 0 Å². The Kier molecular flexibility index (Phi) is 5.40. The number of hydrogen-bond donors (Lipinski definition) is 1. The highest BCUT2D eigenvalue weighted by atomic mass is 15.2. The minimum absolute atomic E-state index is 0.823. The van der Waals surface area contributed by atoms with Crippen molar-refractivity contribution in [2.45, 2.75) is 33.1 Å². The number of nitrogens with zero attached hydrogens (tertiary/aromatic N) is 1. The molecule has 1 atom stereocenters. The van der Waals surface area contributed by atoms with Crippen LogP contribution in [0.3, 0.4) is 0 Å². The quantitative estimate of drug-likeness (QED) is 0.669. The van der Waals surface area contributed by atoms with Crippen LogP contribution in [0.15, 0.2) is 0 Å². The van der Waals surface area contributed by atoms with Crippen LogP contribution in [0, 0.1) is 5.92 Å². The van der Waals surface area contributed by atoms with E-state index in [4.69, 9.17) is 0 Å². The highest BCUT2D eigenvalue weighted by Crippen LogP contribution is 2.04. The predicted octanol–water partition coefficient (Wildman–Crippen LogP) is 1.72. The fourth-order valence-electron chi connectivity index (χ4n) is 1.97. The van der Waals surface area contributed by atoms with Crippen molar-refractivity contribution in [3.05, 3.63) is 0 Å². The Morgan fingerprint density at radius 1 is 1.38 bits per heavy atom. The van der Waals surface area contributed by atoms with Gasteiger partial charge in [0.15, 0.2) is 0 Å².